The second kappa shape index (κ2) is 17.0. The molecule has 3 aromatic carbocycles. The van der Waals surface area contributed by atoms with Gasteiger partial charge in [0.2, 0.25) is 11.8 Å². The zero-order chi connectivity index (χ0) is 43.9. The van der Waals surface area contributed by atoms with Gasteiger partial charge in [-0.15, -0.1) is 5.10 Å². The first kappa shape index (κ1) is 42.0. The second-order valence-corrected chi connectivity index (χ2v) is 15.5. The van der Waals surface area contributed by atoms with Crippen molar-refractivity contribution in [2.24, 2.45) is 5.92 Å². The van der Waals surface area contributed by atoms with E-state index in [1.54, 1.807) is 41.3 Å². The molecule has 2 saturated heterocycles. The molecule has 62 heavy (non-hydrogen) atoms. The average molecular weight is 877 g/mol. The number of ether oxygens (including phenoxy) is 1. The van der Waals surface area contributed by atoms with Crippen LogP contribution in [-0.4, -0.2) is 133 Å². The molecule has 4 heterocycles. The standard InChI is InChI=1S/C40H36ClF3N10O8/c41-25-3-8-31(54-21-45-48-49-54)32(18-25)52-11-12-53(37(59)36(52)58)33(15-22-1-5-27(6-2-22)51-10-9-50(19-34(51)56)28-13-23(14-28)20-55)35(57)46-26-4-7-29-24(16-26)17-30(47-29)38(60)62-39(61)40(42,43)44/h1-8,16-18,21,23,28,33,47,55H,9-15,19-20H2,(H,46,57)/t23?,28?,33-/m0/s1. The Hall–Kier alpha value is -6.71. The van der Waals surface area contributed by atoms with Crippen molar-refractivity contribution < 1.29 is 51.8 Å². The highest BCUT2D eigenvalue weighted by atomic mass is 35.5. The molecule has 3 fully saturated rings. The van der Waals surface area contributed by atoms with Crippen LogP contribution in [-0.2, 0) is 35.1 Å². The number of aliphatic hydroxyl groups is 1. The van der Waals surface area contributed by atoms with Gasteiger partial charge in [-0.25, -0.2) is 9.59 Å². The molecule has 2 aliphatic heterocycles. The molecule has 18 nitrogen and oxygen atoms in total. The van der Waals surface area contributed by atoms with Crippen molar-refractivity contribution in [2.45, 2.75) is 37.5 Å². The summed E-state index contributed by atoms with van der Waals surface area (Å²) < 4.78 is 43.3. The molecule has 0 unspecified atom stereocenters. The number of H-pyrrole nitrogens is 1. The van der Waals surface area contributed by atoms with Crippen molar-refractivity contribution in [1.29, 1.82) is 0 Å². The van der Waals surface area contributed by atoms with Crippen molar-refractivity contribution in [3.05, 3.63) is 89.3 Å². The van der Waals surface area contributed by atoms with Crippen LogP contribution < -0.4 is 15.1 Å². The molecule has 5 aromatic rings. The maximum absolute atomic E-state index is 14.3. The molecular weight excluding hydrogens is 841 g/mol. The SMILES string of the molecule is O=C(OC(=O)C(F)(F)F)c1cc2cc(NC(=O)[C@H](Cc3ccc(N4CCN(C5CC(CO)C5)CC4=O)cc3)N3CCN(c4cc(Cl)ccc4-n4cnnn4)C(=O)C3=O)ccc2[nH]1. The molecule has 1 aliphatic carbocycles. The highest BCUT2D eigenvalue weighted by Crippen LogP contribution is 2.34. The van der Waals surface area contributed by atoms with Gasteiger partial charge in [0, 0.05) is 72.5 Å². The number of aliphatic hydroxyl groups excluding tert-OH is 1. The fourth-order valence-electron chi connectivity index (χ4n) is 7.90. The molecule has 0 spiro atoms. The highest BCUT2D eigenvalue weighted by Gasteiger charge is 2.43. The van der Waals surface area contributed by atoms with E-state index in [4.69, 9.17) is 11.6 Å². The van der Waals surface area contributed by atoms with Crippen LogP contribution in [0.25, 0.3) is 16.6 Å². The molecule has 1 saturated carbocycles. The van der Waals surface area contributed by atoms with E-state index in [1.165, 1.54) is 40.2 Å². The third-order valence-corrected chi connectivity index (χ3v) is 11.4. The Kier molecular flexibility index (Phi) is 11.5. The first-order valence-electron chi connectivity index (χ1n) is 19.3. The number of alkyl halides is 3. The minimum Gasteiger partial charge on any atom is -0.396 e. The third-order valence-electron chi connectivity index (χ3n) is 11.2. The van der Waals surface area contributed by atoms with Gasteiger partial charge in [-0.1, -0.05) is 23.7 Å². The Morgan fingerprint density at radius 3 is 2.37 bits per heavy atom. The van der Waals surface area contributed by atoms with Gasteiger partial charge < -0.3 is 34.8 Å². The van der Waals surface area contributed by atoms with Gasteiger partial charge in [0.15, 0.2) is 0 Å². The Morgan fingerprint density at radius 2 is 1.68 bits per heavy atom. The van der Waals surface area contributed by atoms with E-state index in [9.17, 15) is 47.0 Å². The molecule has 322 valence electrons. The van der Waals surface area contributed by atoms with Gasteiger partial charge in [0.1, 0.15) is 18.1 Å². The third kappa shape index (κ3) is 8.58. The van der Waals surface area contributed by atoms with E-state index in [1.807, 2.05) is 0 Å². The topological polar surface area (TPSA) is 216 Å². The van der Waals surface area contributed by atoms with E-state index in [-0.39, 0.29) is 77.8 Å². The summed E-state index contributed by atoms with van der Waals surface area (Å²) in [6.07, 6.45) is -2.43. The number of hydrogen-bond donors (Lipinski definition) is 3. The van der Waals surface area contributed by atoms with E-state index in [0.717, 1.165) is 23.8 Å². The first-order chi connectivity index (χ1) is 29.7. The van der Waals surface area contributed by atoms with Gasteiger partial charge in [0.25, 0.3) is 0 Å². The van der Waals surface area contributed by atoms with Gasteiger partial charge in [-0.2, -0.15) is 17.9 Å². The van der Waals surface area contributed by atoms with Crippen LogP contribution in [0.3, 0.4) is 0 Å². The normalized spacial score (nSPS) is 19.1. The number of rotatable bonds is 11. The smallest absolute Gasteiger partial charge is 0.396 e. The number of nitrogens with zero attached hydrogens (tertiary/aromatic N) is 8. The highest BCUT2D eigenvalue weighted by molar-refractivity contribution is 6.41. The van der Waals surface area contributed by atoms with Crippen molar-refractivity contribution in [3.8, 4) is 5.69 Å². The molecule has 3 N–H and O–H groups in total. The van der Waals surface area contributed by atoms with Gasteiger partial charge >= 0.3 is 29.9 Å². The van der Waals surface area contributed by atoms with Gasteiger partial charge in [0.05, 0.1) is 17.9 Å². The number of amides is 4. The summed E-state index contributed by atoms with van der Waals surface area (Å²) in [6.45, 7) is 1.37. The van der Waals surface area contributed by atoms with Crippen LogP contribution in [0.5, 0.6) is 0 Å². The fraction of sp³-hybridized carbons (Fsp3) is 0.325. The predicted octanol–water partition coefficient (Wildman–Crippen LogP) is 2.89. The van der Waals surface area contributed by atoms with Crippen molar-refractivity contribution in [2.75, 3.05) is 54.4 Å². The zero-order valence-electron chi connectivity index (χ0n) is 32.4. The molecule has 2 aromatic heterocycles. The number of aromatic amines is 1. The molecule has 4 amide bonds. The lowest BCUT2D eigenvalue weighted by atomic mass is 9.79. The Morgan fingerprint density at radius 1 is 0.919 bits per heavy atom. The van der Waals surface area contributed by atoms with Crippen LogP contribution in [0.1, 0.15) is 28.9 Å². The summed E-state index contributed by atoms with van der Waals surface area (Å²) in [5.41, 5.74) is 1.84. The van der Waals surface area contributed by atoms with Crippen LogP contribution >= 0.6 is 11.6 Å². The number of carbonyl (C=O) groups is 6. The summed E-state index contributed by atoms with van der Waals surface area (Å²) in [6, 6.07) is 16.0. The quantitative estimate of drug-likeness (QED) is 0.0993. The Bertz CT molecular complexity index is 2560. The molecule has 22 heteroatoms. The molecule has 8 rings (SSSR count). The largest absolute Gasteiger partial charge is 0.491 e. The molecular formula is C40H36ClF3N10O8. The maximum atomic E-state index is 14.3. The lowest BCUT2D eigenvalue weighted by Crippen LogP contribution is -2.60. The van der Waals surface area contributed by atoms with E-state index in [2.05, 4.69) is 35.5 Å². The number of aromatic nitrogens is 5. The Labute approximate surface area is 354 Å². The summed E-state index contributed by atoms with van der Waals surface area (Å²) in [5.74, 6) is -6.70. The maximum Gasteiger partial charge on any atom is 0.491 e. The van der Waals surface area contributed by atoms with Crippen molar-refractivity contribution >= 4 is 75.1 Å². The summed E-state index contributed by atoms with van der Waals surface area (Å²) in [5, 5.41) is 23.9. The van der Waals surface area contributed by atoms with Gasteiger partial charge in [-0.3, -0.25) is 24.1 Å². The number of benzene rings is 3. The molecule has 0 bridgehead atoms. The molecule has 1 atom stereocenters. The minimum atomic E-state index is -5.39. The lowest BCUT2D eigenvalue weighted by Gasteiger charge is -2.45. The summed E-state index contributed by atoms with van der Waals surface area (Å²) in [7, 11) is 0. The number of fused-ring (bicyclic) bond motifs is 1. The molecule has 3 aliphatic rings. The monoisotopic (exact) mass is 876 g/mol. The number of piperazine rings is 2. The van der Waals surface area contributed by atoms with E-state index >= 15 is 0 Å². The van der Waals surface area contributed by atoms with Crippen LogP contribution in [0.2, 0.25) is 5.02 Å². The first-order valence-corrected chi connectivity index (χ1v) is 19.7. The number of tetrazole rings is 1. The number of halogens is 4. The average Bonchev–Trinajstić information content (AvgIpc) is 3.92. The summed E-state index contributed by atoms with van der Waals surface area (Å²) in [4.78, 5) is 87.8. The number of anilines is 3. The fourth-order valence-corrected chi connectivity index (χ4v) is 8.07. The van der Waals surface area contributed by atoms with E-state index in [0.29, 0.717) is 30.0 Å². The Balaban J connectivity index is 1.03. The summed E-state index contributed by atoms with van der Waals surface area (Å²) >= 11 is 6.31. The van der Waals surface area contributed by atoms with Crippen LogP contribution in [0.4, 0.5) is 30.2 Å². The van der Waals surface area contributed by atoms with Crippen LogP contribution in [0.15, 0.2) is 73.1 Å². The molecule has 0 radical (unpaired) electrons. The second-order valence-electron chi connectivity index (χ2n) is 15.1. The minimum absolute atomic E-state index is 0.0522. The number of carbonyl (C=O) groups excluding carboxylic acids is 6. The van der Waals surface area contributed by atoms with E-state index < -0.39 is 47.6 Å². The van der Waals surface area contributed by atoms with Gasteiger partial charge in [-0.05, 0) is 89.3 Å². The number of esters is 2. The van der Waals surface area contributed by atoms with Crippen molar-refractivity contribution in [1.82, 2.24) is 35.0 Å². The lowest BCUT2D eigenvalue weighted by molar-refractivity contribution is -0.193. The zero-order valence-corrected chi connectivity index (χ0v) is 33.2. The van der Waals surface area contributed by atoms with Crippen LogP contribution in [0, 0.1) is 5.92 Å². The predicted molar refractivity (Wildman–Crippen MR) is 213 cm³/mol. The number of hydrogen-bond acceptors (Lipinski definition) is 12. The van der Waals surface area contributed by atoms with Crippen molar-refractivity contribution in [3.63, 3.8) is 0 Å². The number of nitrogens with one attached hydrogen (secondary N) is 2.